The number of benzene rings is 2. The minimum atomic E-state index is -0.850. The van der Waals surface area contributed by atoms with Gasteiger partial charge in [0, 0.05) is 42.8 Å². The Balaban J connectivity index is 1.53. The van der Waals surface area contributed by atoms with Gasteiger partial charge in [-0.05, 0) is 55.7 Å². The number of nitrogens with zero attached hydrogens (tertiary/aromatic N) is 4. The molecule has 1 aliphatic heterocycles. The van der Waals surface area contributed by atoms with Gasteiger partial charge in [-0.15, -0.1) is 11.3 Å². The lowest BCUT2D eigenvalue weighted by atomic mass is 9.93. The monoisotopic (exact) mass is 526 g/mol. The number of aromatic nitrogens is 2. The summed E-state index contributed by atoms with van der Waals surface area (Å²) >= 11 is 9.40. The lowest BCUT2D eigenvalue weighted by Crippen LogP contribution is -2.48. The van der Waals surface area contributed by atoms with Crippen LogP contribution < -0.4 is 4.90 Å². The normalized spacial score (nSPS) is 14.8. The van der Waals surface area contributed by atoms with Crippen LogP contribution in [0.25, 0.3) is 31.2 Å². The molecule has 0 amide bonds. The molecule has 0 unspecified atom stereocenters. The molecule has 3 heterocycles. The van der Waals surface area contributed by atoms with Gasteiger partial charge in [0.1, 0.15) is 5.01 Å². The van der Waals surface area contributed by atoms with Gasteiger partial charge in [0.25, 0.3) is 0 Å². The number of anilines is 1. The molecule has 9 heteroatoms. The molecule has 2 aromatic heterocycles. The van der Waals surface area contributed by atoms with Crippen LogP contribution in [-0.2, 0) is 11.2 Å². The van der Waals surface area contributed by atoms with E-state index < -0.39 is 5.97 Å². The molecule has 0 aliphatic carbocycles. The highest BCUT2D eigenvalue weighted by Crippen LogP contribution is 2.42. The first-order chi connectivity index (χ1) is 16.8. The number of aryl methyl sites for hydroxylation is 1. The highest BCUT2D eigenvalue weighted by atomic mass is 35.5. The number of thiazole rings is 2. The van der Waals surface area contributed by atoms with Crippen LogP contribution in [0.2, 0.25) is 5.02 Å². The van der Waals surface area contributed by atoms with Crippen LogP contribution in [0.4, 0.5) is 5.13 Å². The number of halogens is 1. The lowest BCUT2D eigenvalue weighted by molar-refractivity contribution is -0.136. The van der Waals surface area contributed by atoms with E-state index >= 15 is 0 Å². The molecule has 1 aliphatic rings. The zero-order valence-corrected chi connectivity index (χ0v) is 22.3. The summed E-state index contributed by atoms with van der Waals surface area (Å²) in [4.78, 5) is 27.2. The number of piperazine rings is 1. The van der Waals surface area contributed by atoms with E-state index in [1.54, 1.807) is 22.7 Å². The molecule has 2 aromatic carbocycles. The topological polar surface area (TPSA) is 69.6 Å². The third kappa shape index (κ3) is 4.93. The van der Waals surface area contributed by atoms with Crippen molar-refractivity contribution in [1.82, 2.24) is 14.9 Å². The van der Waals surface area contributed by atoms with Crippen molar-refractivity contribution in [2.45, 2.75) is 33.2 Å². The predicted molar refractivity (Wildman–Crippen MR) is 146 cm³/mol. The summed E-state index contributed by atoms with van der Waals surface area (Å²) < 4.78 is 0.990. The first kappa shape index (κ1) is 24.2. The van der Waals surface area contributed by atoms with Crippen LogP contribution in [0.15, 0.2) is 36.5 Å². The van der Waals surface area contributed by atoms with Crippen LogP contribution >= 0.6 is 34.3 Å². The van der Waals surface area contributed by atoms with Gasteiger partial charge >= 0.3 is 5.97 Å². The van der Waals surface area contributed by atoms with Gasteiger partial charge in [-0.2, -0.15) is 0 Å². The molecular weight excluding hydrogens is 500 g/mol. The molecule has 0 saturated carbocycles. The zero-order valence-electron chi connectivity index (χ0n) is 19.9. The molecule has 1 N–H and O–H groups in total. The maximum Gasteiger partial charge on any atom is 0.307 e. The Kier molecular flexibility index (Phi) is 6.81. The van der Waals surface area contributed by atoms with E-state index in [-0.39, 0.29) is 6.42 Å². The Morgan fingerprint density at radius 3 is 2.51 bits per heavy atom. The Morgan fingerprint density at radius 2 is 1.86 bits per heavy atom. The SMILES string of the molecule is Cc1cc2nc(-c3cnc(N4CCN(C(C)C)CC4)s3)sc2c(-c2ccc(Cl)cc2)c1CC(=O)O. The fraction of sp³-hybridized carbons (Fsp3) is 0.346. The van der Waals surface area contributed by atoms with E-state index in [2.05, 4.69) is 23.6 Å². The van der Waals surface area contributed by atoms with Gasteiger partial charge in [0.15, 0.2) is 5.13 Å². The predicted octanol–water partition coefficient (Wildman–Crippen LogP) is 6.21. The standard InChI is InChI=1S/C26H27ClN4O2S2/c1-15(2)30-8-10-31(11-9-30)26-28-14-21(34-26)25-29-20-12-16(3)19(13-22(32)33)23(24(20)35-25)17-4-6-18(27)7-5-17/h4-7,12,14-15H,8-11,13H2,1-3H3,(H,32,33). The minimum Gasteiger partial charge on any atom is -0.481 e. The summed E-state index contributed by atoms with van der Waals surface area (Å²) in [7, 11) is 0. The number of fused-ring (bicyclic) bond motifs is 1. The molecular formula is C26H27ClN4O2S2. The largest absolute Gasteiger partial charge is 0.481 e. The molecule has 6 nitrogen and oxygen atoms in total. The van der Waals surface area contributed by atoms with Crippen LogP contribution in [0, 0.1) is 6.92 Å². The number of aliphatic carboxylic acids is 1. The second-order valence-electron chi connectivity index (χ2n) is 9.12. The quantitative estimate of drug-likeness (QED) is 0.322. The number of carboxylic acid groups (broad SMARTS) is 1. The molecule has 0 bridgehead atoms. The Hall–Kier alpha value is -2.52. The summed E-state index contributed by atoms with van der Waals surface area (Å²) in [5.41, 5.74) is 4.49. The molecule has 5 rings (SSSR count). The minimum absolute atomic E-state index is 0.0416. The second-order valence-corrected chi connectivity index (χ2v) is 11.6. The van der Waals surface area contributed by atoms with Gasteiger partial charge in [0.2, 0.25) is 0 Å². The number of rotatable bonds is 6. The molecule has 4 aromatic rings. The maximum atomic E-state index is 11.7. The van der Waals surface area contributed by atoms with E-state index in [0.29, 0.717) is 11.1 Å². The first-order valence-electron chi connectivity index (χ1n) is 11.7. The van der Waals surface area contributed by atoms with Crippen molar-refractivity contribution in [3.63, 3.8) is 0 Å². The number of carbonyl (C=O) groups is 1. The van der Waals surface area contributed by atoms with E-state index in [4.69, 9.17) is 21.6 Å². The second kappa shape index (κ2) is 9.85. The van der Waals surface area contributed by atoms with Crippen molar-refractivity contribution in [3.05, 3.63) is 52.7 Å². The van der Waals surface area contributed by atoms with Crippen LogP contribution in [-0.4, -0.2) is 58.2 Å². The van der Waals surface area contributed by atoms with Crippen molar-refractivity contribution < 1.29 is 9.90 Å². The smallest absolute Gasteiger partial charge is 0.307 e. The highest BCUT2D eigenvalue weighted by molar-refractivity contribution is 7.27. The van der Waals surface area contributed by atoms with Crippen molar-refractivity contribution in [1.29, 1.82) is 0 Å². The van der Waals surface area contributed by atoms with Crippen LogP contribution in [0.3, 0.4) is 0 Å². The van der Waals surface area contributed by atoms with E-state index in [9.17, 15) is 9.90 Å². The van der Waals surface area contributed by atoms with Gasteiger partial charge in [-0.3, -0.25) is 9.69 Å². The summed E-state index contributed by atoms with van der Waals surface area (Å²) in [6.07, 6.45) is 1.87. The molecule has 0 spiro atoms. The van der Waals surface area contributed by atoms with Crippen molar-refractivity contribution >= 4 is 55.6 Å². The van der Waals surface area contributed by atoms with E-state index in [1.165, 1.54) is 0 Å². The summed E-state index contributed by atoms with van der Waals surface area (Å²) in [6.45, 7) is 10.5. The highest BCUT2D eigenvalue weighted by Gasteiger charge is 2.23. The Bertz CT molecular complexity index is 1370. The molecule has 182 valence electrons. The number of hydrogen-bond donors (Lipinski definition) is 1. The third-order valence-electron chi connectivity index (χ3n) is 6.49. The third-order valence-corrected chi connectivity index (χ3v) is 9.06. The summed E-state index contributed by atoms with van der Waals surface area (Å²) in [6, 6.07) is 10.1. The van der Waals surface area contributed by atoms with Gasteiger partial charge in [0.05, 0.1) is 27.7 Å². The number of carboxylic acids is 1. The molecule has 0 radical (unpaired) electrons. The van der Waals surface area contributed by atoms with Crippen molar-refractivity contribution in [2.75, 3.05) is 31.1 Å². The van der Waals surface area contributed by atoms with Gasteiger partial charge in [-0.1, -0.05) is 35.1 Å². The molecule has 1 fully saturated rings. The van der Waals surface area contributed by atoms with Crippen LogP contribution in [0.1, 0.15) is 25.0 Å². The molecule has 0 atom stereocenters. The average molecular weight is 527 g/mol. The fourth-order valence-corrected chi connectivity index (χ4v) is 6.85. The number of hydrogen-bond acceptors (Lipinski definition) is 7. The van der Waals surface area contributed by atoms with E-state index in [0.717, 1.165) is 73.7 Å². The van der Waals surface area contributed by atoms with Gasteiger partial charge < -0.3 is 10.0 Å². The molecule has 35 heavy (non-hydrogen) atoms. The van der Waals surface area contributed by atoms with Crippen molar-refractivity contribution in [2.24, 2.45) is 0 Å². The maximum absolute atomic E-state index is 11.7. The zero-order chi connectivity index (χ0) is 24.7. The Labute approximate surface area is 217 Å². The first-order valence-corrected chi connectivity index (χ1v) is 13.7. The van der Waals surface area contributed by atoms with Gasteiger partial charge in [-0.25, -0.2) is 9.97 Å². The van der Waals surface area contributed by atoms with E-state index in [1.807, 2.05) is 43.5 Å². The average Bonchev–Trinajstić information content (AvgIpc) is 3.47. The summed E-state index contributed by atoms with van der Waals surface area (Å²) in [5, 5.41) is 12.2. The molecule has 1 saturated heterocycles. The van der Waals surface area contributed by atoms with Crippen molar-refractivity contribution in [3.8, 4) is 21.0 Å². The Morgan fingerprint density at radius 1 is 1.14 bits per heavy atom. The lowest BCUT2D eigenvalue weighted by Gasteiger charge is -2.36. The van der Waals surface area contributed by atoms with Crippen LogP contribution in [0.5, 0.6) is 0 Å². The summed E-state index contributed by atoms with van der Waals surface area (Å²) in [5.74, 6) is -0.850. The fourth-order valence-electron chi connectivity index (χ4n) is 4.58.